The van der Waals surface area contributed by atoms with Crippen LogP contribution >= 0.6 is 0 Å². The van der Waals surface area contributed by atoms with Crippen LogP contribution in [0.25, 0.3) is 0 Å². The minimum atomic E-state index is 0.583. The van der Waals surface area contributed by atoms with Gasteiger partial charge in [-0.3, -0.25) is 0 Å². The van der Waals surface area contributed by atoms with Gasteiger partial charge in [0, 0.05) is 6.04 Å². The fraction of sp³-hybridized carbons (Fsp3) is 0.647. The number of benzene rings is 1. The number of rotatable bonds is 5. The molecule has 1 unspecified atom stereocenters. The Morgan fingerprint density at radius 3 is 2.65 bits per heavy atom. The summed E-state index contributed by atoms with van der Waals surface area (Å²) in [5, 5.41) is 0. The van der Waals surface area contributed by atoms with E-state index >= 15 is 0 Å². The van der Waals surface area contributed by atoms with Gasteiger partial charge in [0.15, 0.2) is 0 Å². The highest BCUT2D eigenvalue weighted by atomic mass is 16.5. The van der Waals surface area contributed by atoms with Crippen molar-refractivity contribution >= 4 is 5.69 Å². The van der Waals surface area contributed by atoms with Crippen LogP contribution in [0.15, 0.2) is 18.2 Å². The molecule has 1 saturated heterocycles. The van der Waals surface area contributed by atoms with Crippen molar-refractivity contribution in [1.29, 1.82) is 0 Å². The number of nitrogen functional groups attached to an aromatic ring is 1. The predicted molar refractivity (Wildman–Crippen MR) is 85.2 cm³/mol. The van der Waals surface area contributed by atoms with Crippen LogP contribution in [-0.4, -0.2) is 30.6 Å². The lowest BCUT2D eigenvalue weighted by Gasteiger charge is -2.35. The SMILES string of the molecule is CCOc1ccc(CC(C)N2CCC(C)CC2)cc1N. The fourth-order valence-corrected chi connectivity index (χ4v) is 2.95. The molecule has 1 atom stereocenters. The molecule has 112 valence electrons. The zero-order valence-electron chi connectivity index (χ0n) is 13.1. The van der Waals surface area contributed by atoms with E-state index in [9.17, 15) is 0 Å². The maximum absolute atomic E-state index is 6.04. The van der Waals surface area contributed by atoms with E-state index in [0.717, 1.165) is 23.8 Å². The molecule has 3 nitrogen and oxygen atoms in total. The lowest BCUT2D eigenvalue weighted by molar-refractivity contribution is 0.146. The van der Waals surface area contributed by atoms with Gasteiger partial charge in [-0.05, 0) is 69.8 Å². The van der Waals surface area contributed by atoms with Gasteiger partial charge in [0.05, 0.1) is 12.3 Å². The monoisotopic (exact) mass is 276 g/mol. The first-order chi connectivity index (χ1) is 9.60. The molecule has 1 heterocycles. The second-order valence-corrected chi connectivity index (χ2v) is 6.08. The molecule has 0 radical (unpaired) electrons. The molecule has 20 heavy (non-hydrogen) atoms. The first-order valence-corrected chi connectivity index (χ1v) is 7.85. The number of nitrogens with two attached hydrogens (primary N) is 1. The molecule has 1 aliphatic heterocycles. The van der Waals surface area contributed by atoms with E-state index in [1.54, 1.807) is 0 Å². The maximum Gasteiger partial charge on any atom is 0.142 e. The summed E-state index contributed by atoms with van der Waals surface area (Å²) in [4.78, 5) is 2.60. The maximum atomic E-state index is 6.04. The molecule has 0 amide bonds. The Kier molecular flexibility index (Phi) is 5.30. The van der Waals surface area contributed by atoms with Crippen molar-refractivity contribution in [2.24, 2.45) is 5.92 Å². The number of ether oxygens (including phenoxy) is 1. The van der Waals surface area contributed by atoms with Gasteiger partial charge in [-0.25, -0.2) is 0 Å². The Morgan fingerprint density at radius 2 is 2.05 bits per heavy atom. The summed E-state index contributed by atoms with van der Waals surface area (Å²) in [5.74, 6) is 1.69. The van der Waals surface area contributed by atoms with Crippen LogP contribution in [0, 0.1) is 5.92 Å². The number of likely N-dealkylation sites (tertiary alicyclic amines) is 1. The Hall–Kier alpha value is -1.22. The first kappa shape index (κ1) is 15.2. The van der Waals surface area contributed by atoms with E-state index < -0.39 is 0 Å². The number of piperidine rings is 1. The Balaban J connectivity index is 1.94. The standard InChI is InChI=1S/C17H28N2O/c1-4-20-17-6-5-15(12-16(17)18)11-14(3)19-9-7-13(2)8-10-19/h5-6,12-14H,4,7-11,18H2,1-3H3. The highest BCUT2D eigenvalue weighted by molar-refractivity contribution is 5.54. The fourth-order valence-electron chi connectivity index (χ4n) is 2.95. The van der Waals surface area contributed by atoms with E-state index in [4.69, 9.17) is 10.5 Å². The Bertz CT molecular complexity index is 425. The van der Waals surface area contributed by atoms with E-state index in [1.807, 2.05) is 13.0 Å². The highest BCUT2D eigenvalue weighted by Gasteiger charge is 2.20. The zero-order valence-corrected chi connectivity index (χ0v) is 13.1. The Labute approximate surface area is 123 Å². The summed E-state index contributed by atoms with van der Waals surface area (Å²) in [6.45, 7) is 9.78. The molecule has 1 aliphatic rings. The van der Waals surface area contributed by atoms with E-state index in [1.165, 1.54) is 31.5 Å². The molecule has 3 heteroatoms. The highest BCUT2D eigenvalue weighted by Crippen LogP contribution is 2.25. The molecule has 1 aromatic rings. The van der Waals surface area contributed by atoms with E-state index in [0.29, 0.717) is 12.6 Å². The molecule has 0 aliphatic carbocycles. The summed E-state index contributed by atoms with van der Waals surface area (Å²) >= 11 is 0. The second kappa shape index (κ2) is 6.98. The lowest BCUT2D eigenvalue weighted by Crippen LogP contribution is -2.40. The van der Waals surface area contributed by atoms with Gasteiger partial charge in [0.1, 0.15) is 5.75 Å². The van der Waals surface area contributed by atoms with Crippen molar-refractivity contribution in [3.8, 4) is 5.75 Å². The van der Waals surface area contributed by atoms with Gasteiger partial charge < -0.3 is 15.4 Å². The topological polar surface area (TPSA) is 38.5 Å². The molecule has 0 spiro atoms. The van der Waals surface area contributed by atoms with Crippen LogP contribution in [-0.2, 0) is 6.42 Å². The van der Waals surface area contributed by atoms with Gasteiger partial charge in [-0.1, -0.05) is 13.0 Å². The van der Waals surface area contributed by atoms with E-state index in [2.05, 4.69) is 30.9 Å². The van der Waals surface area contributed by atoms with Crippen LogP contribution in [0.3, 0.4) is 0 Å². The first-order valence-electron chi connectivity index (χ1n) is 7.85. The summed E-state index contributed by atoms with van der Waals surface area (Å²) in [6.07, 6.45) is 3.72. The van der Waals surface area contributed by atoms with Gasteiger partial charge >= 0.3 is 0 Å². The predicted octanol–water partition coefficient (Wildman–Crippen LogP) is 3.33. The molecule has 1 aromatic carbocycles. The average molecular weight is 276 g/mol. The third-order valence-corrected chi connectivity index (χ3v) is 4.35. The van der Waals surface area contributed by atoms with Crippen molar-refractivity contribution < 1.29 is 4.74 Å². The number of hydrogen-bond donors (Lipinski definition) is 1. The summed E-state index contributed by atoms with van der Waals surface area (Å²) in [7, 11) is 0. The van der Waals surface area contributed by atoms with Crippen molar-refractivity contribution in [3.63, 3.8) is 0 Å². The number of anilines is 1. The quantitative estimate of drug-likeness (QED) is 0.838. The third kappa shape index (κ3) is 3.89. The Morgan fingerprint density at radius 1 is 1.35 bits per heavy atom. The van der Waals surface area contributed by atoms with Crippen LogP contribution in [0.2, 0.25) is 0 Å². The normalized spacial score (nSPS) is 18.9. The minimum Gasteiger partial charge on any atom is -0.492 e. The van der Waals surface area contributed by atoms with Crippen molar-refractivity contribution in [3.05, 3.63) is 23.8 Å². The zero-order chi connectivity index (χ0) is 14.5. The van der Waals surface area contributed by atoms with Crippen molar-refractivity contribution in [2.75, 3.05) is 25.4 Å². The van der Waals surface area contributed by atoms with Gasteiger partial charge in [-0.15, -0.1) is 0 Å². The molecular formula is C17H28N2O. The summed E-state index contributed by atoms with van der Waals surface area (Å²) < 4.78 is 5.49. The number of hydrogen-bond acceptors (Lipinski definition) is 3. The average Bonchev–Trinajstić information content (AvgIpc) is 2.42. The lowest BCUT2D eigenvalue weighted by atomic mass is 9.96. The van der Waals surface area contributed by atoms with Crippen LogP contribution < -0.4 is 10.5 Å². The summed E-state index contributed by atoms with van der Waals surface area (Å²) in [6, 6.07) is 6.79. The minimum absolute atomic E-state index is 0.583. The smallest absolute Gasteiger partial charge is 0.142 e. The van der Waals surface area contributed by atoms with Crippen molar-refractivity contribution in [2.45, 2.75) is 46.1 Å². The van der Waals surface area contributed by atoms with Gasteiger partial charge in [0.2, 0.25) is 0 Å². The van der Waals surface area contributed by atoms with Gasteiger partial charge in [0.25, 0.3) is 0 Å². The third-order valence-electron chi connectivity index (χ3n) is 4.35. The molecule has 1 fully saturated rings. The largest absolute Gasteiger partial charge is 0.492 e. The number of nitrogens with zero attached hydrogens (tertiary/aromatic N) is 1. The van der Waals surface area contributed by atoms with E-state index in [-0.39, 0.29) is 0 Å². The molecule has 2 N–H and O–H groups in total. The molecule has 0 aromatic heterocycles. The molecule has 2 rings (SSSR count). The van der Waals surface area contributed by atoms with Crippen LogP contribution in [0.4, 0.5) is 5.69 Å². The second-order valence-electron chi connectivity index (χ2n) is 6.08. The summed E-state index contributed by atoms with van der Waals surface area (Å²) in [5.41, 5.74) is 8.10. The van der Waals surface area contributed by atoms with Gasteiger partial charge in [-0.2, -0.15) is 0 Å². The van der Waals surface area contributed by atoms with Crippen LogP contribution in [0.1, 0.15) is 39.2 Å². The molecule has 0 saturated carbocycles. The molecule has 0 bridgehead atoms. The molecular weight excluding hydrogens is 248 g/mol. The van der Waals surface area contributed by atoms with Crippen LogP contribution in [0.5, 0.6) is 5.75 Å². The van der Waals surface area contributed by atoms with Crippen molar-refractivity contribution in [1.82, 2.24) is 4.90 Å².